The number of fused-ring (bicyclic) bond motifs is 1. The lowest BCUT2D eigenvalue weighted by atomic mass is 10.0. The predicted molar refractivity (Wildman–Crippen MR) is 124 cm³/mol. The van der Waals surface area contributed by atoms with E-state index in [2.05, 4.69) is 34.4 Å². The molecule has 30 heavy (non-hydrogen) atoms. The van der Waals surface area contributed by atoms with Gasteiger partial charge < -0.3 is 23.7 Å². The third kappa shape index (κ3) is 5.62. The maximum absolute atomic E-state index is 12.0. The lowest BCUT2D eigenvalue weighted by Gasteiger charge is -2.19. The maximum Gasteiger partial charge on any atom is 0.384 e. The van der Waals surface area contributed by atoms with Crippen LogP contribution in [0, 0.1) is 21.3 Å². The first-order valence-electron chi connectivity index (χ1n) is 9.23. The Morgan fingerprint density at radius 2 is 1.93 bits per heavy atom. The summed E-state index contributed by atoms with van der Waals surface area (Å²) in [5, 5.41) is 1.75. The van der Waals surface area contributed by atoms with Gasteiger partial charge in [-0.15, -0.1) is 0 Å². The van der Waals surface area contributed by atoms with Crippen molar-refractivity contribution in [3.63, 3.8) is 0 Å². The smallest absolute Gasteiger partial charge is 0.384 e. The van der Waals surface area contributed by atoms with Crippen LogP contribution in [0.1, 0.15) is 25.8 Å². The molecule has 0 spiro atoms. The van der Waals surface area contributed by atoms with Gasteiger partial charge in [-0.1, -0.05) is 31.4 Å². The van der Waals surface area contributed by atoms with Crippen molar-refractivity contribution in [1.29, 1.82) is 0 Å². The zero-order chi connectivity index (χ0) is 22.3. The van der Waals surface area contributed by atoms with Gasteiger partial charge in [0.05, 0.1) is 28.2 Å². The van der Waals surface area contributed by atoms with Crippen molar-refractivity contribution in [3.8, 4) is 29.1 Å². The van der Waals surface area contributed by atoms with Crippen LogP contribution < -0.4 is 14.2 Å². The highest BCUT2D eigenvalue weighted by atomic mass is 127. The fourth-order valence-electron chi connectivity index (χ4n) is 2.68. The molecule has 6 nitrogen and oxygen atoms in total. The van der Waals surface area contributed by atoms with Gasteiger partial charge in [0.1, 0.15) is 23.9 Å². The minimum atomic E-state index is -0.578. The fourth-order valence-corrected chi connectivity index (χ4v) is 3.68. The molecule has 162 valence electrons. The topological polar surface area (TPSA) is 63.2 Å². The fraction of sp³-hybridized carbons (Fsp3) is 0.409. The van der Waals surface area contributed by atoms with E-state index in [0.29, 0.717) is 33.0 Å². The molecule has 0 aromatic heterocycles. The lowest BCUT2D eigenvalue weighted by Crippen LogP contribution is -2.07. The van der Waals surface area contributed by atoms with Crippen LogP contribution in [0.5, 0.6) is 17.2 Å². The van der Waals surface area contributed by atoms with Crippen LogP contribution in [0.15, 0.2) is 12.1 Å². The van der Waals surface area contributed by atoms with E-state index in [4.69, 9.17) is 35.3 Å². The lowest BCUT2D eigenvalue weighted by molar-refractivity contribution is -0.137. The molecule has 0 amide bonds. The molecule has 2 rings (SSSR count). The zero-order valence-electron chi connectivity index (χ0n) is 17.6. The number of carbonyl (C=O) groups is 1. The quantitative estimate of drug-likeness (QED) is 0.149. The molecule has 0 aliphatic rings. The second kappa shape index (κ2) is 11.5. The van der Waals surface area contributed by atoms with Crippen LogP contribution in [0.2, 0.25) is 5.02 Å². The van der Waals surface area contributed by atoms with E-state index in [9.17, 15) is 4.79 Å². The van der Waals surface area contributed by atoms with Gasteiger partial charge >= 0.3 is 5.97 Å². The first-order valence-corrected chi connectivity index (χ1v) is 10.7. The molecule has 2 aromatic rings. The van der Waals surface area contributed by atoms with Crippen LogP contribution in [0.25, 0.3) is 10.8 Å². The van der Waals surface area contributed by atoms with Crippen LogP contribution in [-0.4, -0.2) is 34.1 Å². The Morgan fingerprint density at radius 1 is 1.20 bits per heavy atom. The number of hydrogen-bond donors (Lipinski definition) is 0. The molecular formula is C22H24ClIO6. The summed E-state index contributed by atoms with van der Waals surface area (Å²) in [7, 11) is 4.61. The van der Waals surface area contributed by atoms with E-state index in [0.717, 1.165) is 15.6 Å². The minimum Gasteiger partial charge on any atom is -0.496 e. The van der Waals surface area contributed by atoms with Crippen molar-refractivity contribution in [1.82, 2.24) is 0 Å². The average Bonchev–Trinajstić information content (AvgIpc) is 2.75. The van der Waals surface area contributed by atoms with Gasteiger partial charge in [0.25, 0.3) is 0 Å². The van der Waals surface area contributed by atoms with Gasteiger partial charge in [0.15, 0.2) is 6.79 Å². The second-order valence-corrected chi connectivity index (χ2v) is 7.89. The molecule has 0 aliphatic carbocycles. The Hall–Kier alpha value is -1.89. The van der Waals surface area contributed by atoms with E-state index >= 15 is 0 Å². The summed E-state index contributed by atoms with van der Waals surface area (Å²) in [6.45, 7) is 4.01. The molecule has 8 heteroatoms. The molecular weight excluding hydrogens is 523 g/mol. The normalized spacial score (nSPS) is 11.4. The predicted octanol–water partition coefficient (Wildman–Crippen LogP) is 5.19. The summed E-state index contributed by atoms with van der Waals surface area (Å²) in [5.74, 6) is 6.46. The molecule has 0 N–H and O–H groups in total. The second-order valence-electron chi connectivity index (χ2n) is 6.40. The van der Waals surface area contributed by atoms with Crippen molar-refractivity contribution in [2.45, 2.75) is 26.9 Å². The summed E-state index contributed by atoms with van der Waals surface area (Å²) in [4.78, 5) is 12.0. The van der Waals surface area contributed by atoms with Crippen molar-refractivity contribution in [3.05, 3.63) is 26.3 Å². The Balaban J connectivity index is 2.55. The Bertz CT molecular complexity index is 979. The highest BCUT2D eigenvalue weighted by molar-refractivity contribution is 14.1. The molecule has 0 saturated heterocycles. The van der Waals surface area contributed by atoms with Gasteiger partial charge in [-0.05, 0) is 35.1 Å². The zero-order valence-corrected chi connectivity index (χ0v) is 20.5. The summed E-state index contributed by atoms with van der Waals surface area (Å²) in [6.07, 6.45) is 0.868. The first-order chi connectivity index (χ1) is 14.4. The molecule has 0 radical (unpaired) electrons. The van der Waals surface area contributed by atoms with Crippen molar-refractivity contribution in [2.24, 2.45) is 5.92 Å². The first kappa shape index (κ1) is 24.4. The third-order valence-corrected chi connectivity index (χ3v) is 5.86. The van der Waals surface area contributed by atoms with Crippen molar-refractivity contribution in [2.75, 3.05) is 28.1 Å². The number of benzene rings is 2. The highest BCUT2D eigenvalue weighted by Crippen LogP contribution is 2.47. The molecule has 0 aliphatic heterocycles. The van der Waals surface area contributed by atoms with Gasteiger partial charge in [-0.25, -0.2) is 4.79 Å². The number of ether oxygens (including phenoxy) is 5. The van der Waals surface area contributed by atoms with Crippen LogP contribution in [0.4, 0.5) is 0 Å². The number of rotatable bonds is 8. The molecule has 0 fully saturated rings. The number of methoxy groups -OCH3 is 3. The van der Waals surface area contributed by atoms with Crippen LogP contribution >= 0.6 is 34.2 Å². The van der Waals surface area contributed by atoms with E-state index in [1.165, 1.54) is 14.2 Å². The van der Waals surface area contributed by atoms with Gasteiger partial charge in [0, 0.05) is 36.0 Å². The molecule has 0 saturated carbocycles. The SMILES string of the molecule is CC[C@H](C)C#CC(=O)OCc1cc2c(OC)cc(Cl)c(OC)c2c(OCOC)c1I. The Morgan fingerprint density at radius 3 is 2.53 bits per heavy atom. The Kier molecular flexibility index (Phi) is 9.34. The Labute approximate surface area is 195 Å². The van der Waals surface area contributed by atoms with Gasteiger partial charge in [-0.3, -0.25) is 0 Å². The molecule has 0 bridgehead atoms. The van der Waals surface area contributed by atoms with E-state index in [1.54, 1.807) is 13.2 Å². The van der Waals surface area contributed by atoms with Crippen LogP contribution in [0.3, 0.4) is 0 Å². The maximum atomic E-state index is 12.0. The molecule has 1 atom stereocenters. The molecule has 2 aromatic carbocycles. The highest BCUT2D eigenvalue weighted by Gasteiger charge is 2.22. The summed E-state index contributed by atoms with van der Waals surface area (Å²) >= 11 is 8.52. The van der Waals surface area contributed by atoms with E-state index < -0.39 is 5.97 Å². The van der Waals surface area contributed by atoms with Crippen molar-refractivity contribution >= 4 is 50.9 Å². The van der Waals surface area contributed by atoms with E-state index in [-0.39, 0.29) is 19.3 Å². The number of halogens is 2. The molecule has 0 unspecified atom stereocenters. The number of carbonyl (C=O) groups excluding carboxylic acids is 1. The minimum absolute atomic E-state index is 0.0205. The monoisotopic (exact) mass is 546 g/mol. The standard InChI is InChI=1S/C22H24ClIO6/c1-6-13(2)7-8-18(25)29-11-14-9-15-17(27-4)10-16(23)21(28-5)19(15)22(20(14)24)30-12-26-3/h9-10,13H,6,11-12H2,1-5H3/t13-/m0/s1. The largest absolute Gasteiger partial charge is 0.496 e. The number of esters is 1. The average molecular weight is 547 g/mol. The summed E-state index contributed by atoms with van der Waals surface area (Å²) < 4.78 is 28.1. The van der Waals surface area contributed by atoms with Gasteiger partial charge in [0.2, 0.25) is 0 Å². The van der Waals surface area contributed by atoms with Crippen molar-refractivity contribution < 1.29 is 28.5 Å². The summed E-state index contributed by atoms with van der Waals surface area (Å²) in [6, 6.07) is 3.53. The molecule has 0 heterocycles. The van der Waals surface area contributed by atoms with Crippen LogP contribution in [-0.2, 0) is 20.9 Å². The van der Waals surface area contributed by atoms with Gasteiger partial charge in [-0.2, -0.15) is 0 Å². The number of hydrogen-bond acceptors (Lipinski definition) is 6. The van der Waals surface area contributed by atoms with E-state index in [1.807, 2.05) is 19.9 Å². The third-order valence-electron chi connectivity index (χ3n) is 4.40. The summed E-state index contributed by atoms with van der Waals surface area (Å²) in [5.41, 5.74) is 0.732.